The molecular weight excluding hydrogens is 329 g/mol. The van der Waals surface area contributed by atoms with Gasteiger partial charge in [-0.05, 0) is 59.4 Å². The number of hydrogen-bond acceptors (Lipinski definition) is 2. The Balaban J connectivity index is 2.65. The zero-order valence-corrected chi connectivity index (χ0v) is 15.2. The zero-order chi connectivity index (χ0) is 18.8. The Morgan fingerprint density at radius 1 is 1.12 bits per heavy atom. The summed E-state index contributed by atoms with van der Waals surface area (Å²) >= 11 is 0. The summed E-state index contributed by atoms with van der Waals surface area (Å²) in [5.74, 6) is 0.518. The lowest BCUT2D eigenvalue weighted by atomic mass is 9.88. The molecule has 0 saturated heterocycles. The number of alkyl halides is 3. The van der Waals surface area contributed by atoms with Crippen molar-refractivity contribution in [3.8, 4) is 5.75 Å². The van der Waals surface area contributed by atoms with Crippen LogP contribution < -0.4 is 4.74 Å². The lowest BCUT2D eigenvalue weighted by Gasteiger charge is -2.22. The number of ether oxygens (including phenoxy) is 1. The first-order valence-corrected chi connectivity index (χ1v) is 8.69. The Morgan fingerprint density at radius 3 is 2.32 bits per heavy atom. The van der Waals surface area contributed by atoms with E-state index in [9.17, 15) is 18.0 Å². The van der Waals surface area contributed by atoms with Crippen LogP contribution in [0.25, 0.3) is 5.57 Å². The van der Waals surface area contributed by atoms with Crippen LogP contribution in [-0.4, -0.2) is 19.1 Å². The summed E-state index contributed by atoms with van der Waals surface area (Å²) in [4.78, 5) is 11.4. The molecule has 5 heteroatoms. The standard InChI is InChI=1S/C20H25F3O2/c1-12(2)15-8-17(13(3)4)19(25-11-20(21,22)23)18(9-15)16-7-5-6-14(16)10-24/h8-10,12-13H,5-7,11H2,1-4H3. The first kappa shape index (κ1) is 19.5. The largest absolute Gasteiger partial charge is 0.483 e. The van der Waals surface area contributed by atoms with Gasteiger partial charge < -0.3 is 4.74 Å². The van der Waals surface area contributed by atoms with E-state index in [2.05, 4.69) is 0 Å². The molecule has 0 unspecified atom stereocenters. The molecule has 2 rings (SSSR count). The smallest absolute Gasteiger partial charge is 0.422 e. The number of halogens is 3. The van der Waals surface area contributed by atoms with Gasteiger partial charge in [-0.2, -0.15) is 13.2 Å². The van der Waals surface area contributed by atoms with E-state index >= 15 is 0 Å². The van der Waals surface area contributed by atoms with Crippen molar-refractivity contribution in [2.75, 3.05) is 6.61 Å². The van der Waals surface area contributed by atoms with Crippen LogP contribution in [0.1, 0.15) is 75.5 Å². The molecule has 0 aromatic heterocycles. The summed E-state index contributed by atoms with van der Waals surface area (Å²) in [6.45, 7) is 6.64. The van der Waals surface area contributed by atoms with Crippen LogP contribution in [0.5, 0.6) is 5.75 Å². The molecule has 0 N–H and O–H groups in total. The van der Waals surface area contributed by atoms with E-state index in [0.29, 0.717) is 24.0 Å². The molecule has 1 aromatic rings. The van der Waals surface area contributed by atoms with Gasteiger partial charge in [0.1, 0.15) is 12.0 Å². The molecule has 2 nitrogen and oxygen atoms in total. The van der Waals surface area contributed by atoms with Crippen LogP contribution in [0.2, 0.25) is 0 Å². The van der Waals surface area contributed by atoms with Crippen LogP contribution >= 0.6 is 0 Å². The maximum absolute atomic E-state index is 12.7. The first-order chi connectivity index (χ1) is 11.6. The lowest BCUT2D eigenvalue weighted by Crippen LogP contribution is -2.20. The Morgan fingerprint density at radius 2 is 1.80 bits per heavy atom. The number of hydrogen-bond donors (Lipinski definition) is 0. The van der Waals surface area contributed by atoms with E-state index in [4.69, 9.17) is 4.74 Å². The van der Waals surface area contributed by atoms with Gasteiger partial charge in [0.25, 0.3) is 0 Å². The minimum Gasteiger partial charge on any atom is -0.483 e. The van der Waals surface area contributed by atoms with Gasteiger partial charge in [0.15, 0.2) is 6.61 Å². The van der Waals surface area contributed by atoms with Crippen molar-refractivity contribution < 1.29 is 22.7 Å². The van der Waals surface area contributed by atoms with Gasteiger partial charge in [-0.25, -0.2) is 0 Å². The third-order valence-electron chi connectivity index (χ3n) is 4.54. The molecule has 0 heterocycles. The Bertz CT molecular complexity index is 670. The van der Waals surface area contributed by atoms with Crippen molar-refractivity contribution in [1.82, 2.24) is 0 Å². The van der Waals surface area contributed by atoms with E-state index in [0.717, 1.165) is 29.4 Å². The normalized spacial score (nSPS) is 15.4. The number of aldehydes is 1. The molecule has 0 atom stereocenters. The number of allylic oxidation sites excluding steroid dienone is 2. The molecule has 25 heavy (non-hydrogen) atoms. The fourth-order valence-electron chi connectivity index (χ4n) is 3.18. The fraction of sp³-hybridized carbons (Fsp3) is 0.550. The Hall–Kier alpha value is -1.78. The summed E-state index contributed by atoms with van der Waals surface area (Å²) in [7, 11) is 0. The van der Waals surface area contributed by atoms with Crippen LogP contribution in [0, 0.1) is 0 Å². The SMILES string of the molecule is CC(C)c1cc(C2=C(C=O)CCC2)c(OCC(F)(F)F)c(C(C)C)c1. The predicted octanol–water partition coefficient (Wildman–Crippen LogP) is 6.01. The molecule has 0 bridgehead atoms. The van der Waals surface area contributed by atoms with E-state index in [1.807, 2.05) is 39.8 Å². The van der Waals surface area contributed by atoms with Gasteiger partial charge in [-0.15, -0.1) is 0 Å². The second-order valence-corrected chi connectivity index (χ2v) is 7.18. The Kier molecular flexibility index (Phi) is 5.96. The summed E-state index contributed by atoms with van der Waals surface area (Å²) in [5, 5.41) is 0. The van der Waals surface area contributed by atoms with Crippen molar-refractivity contribution in [2.45, 2.75) is 65.0 Å². The fourth-order valence-corrected chi connectivity index (χ4v) is 3.18. The molecule has 138 valence electrons. The minimum atomic E-state index is -4.40. The zero-order valence-electron chi connectivity index (χ0n) is 15.2. The maximum atomic E-state index is 12.7. The number of benzene rings is 1. The molecule has 0 spiro atoms. The summed E-state index contributed by atoms with van der Waals surface area (Å²) in [6, 6.07) is 3.83. The van der Waals surface area contributed by atoms with Crippen LogP contribution in [0.4, 0.5) is 13.2 Å². The first-order valence-electron chi connectivity index (χ1n) is 8.69. The minimum absolute atomic E-state index is 0.0161. The topological polar surface area (TPSA) is 26.3 Å². The summed E-state index contributed by atoms with van der Waals surface area (Å²) in [6.07, 6.45) is -1.38. The van der Waals surface area contributed by atoms with E-state index in [-0.39, 0.29) is 17.6 Å². The van der Waals surface area contributed by atoms with Crippen LogP contribution in [-0.2, 0) is 4.79 Å². The quantitative estimate of drug-likeness (QED) is 0.585. The van der Waals surface area contributed by atoms with E-state index in [1.165, 1.54) is 0 Å². The molecule has 0 radical (unpaired) electrons. The van der Waals surface area contributed by atoms with Crippen molar-refractivity contribution in [3.05, 3.63) is 34.4 Å². The second kappa shape index (κ2) is 7.63. The van der Waals surface area contributed by atoms with E-state index in [1.54, 1.807) is 0 Å². The number of carbonyl (C=O) groups excluding carboxylic acids is 1. The monoisotopic (exact) mass is 354 g/mol. The maximum Gasteiger partial charge on any atom is 0.422 e. The highest BCUT2D eigenvalue weighted by molar-refractivity contribution is 5.91. The molecule has 0 aliphatic heterocycles. The average molecular weight is 354 g/mol. The highest BCUT2D eigenvalue weighted by Crippen LogP contribution is 2.43. The van der Waals surface area contributed by atoms with Crippen LogP contribution in [0.15, 0.2) is 17.7 Å². The molecular formula is C20H25F3O2. The third-order valence-corrected chi connectivity index (χ3v) is 4.54. The van der Waals surface area contributed by atoms with Gasteiger partial charge in [-0.1, -0.05) is 33.8 Å². The molecule has 1 aliphatic carbocycles. The van der Waals surface area contributed by atoms with Crippen molar-refractivity contribution in [2.24, 2.45) is 0 Å². The Labute approximate surface area is 147 Å². The van der Waals surface area contributed by atoms with Crippen molar-refractivity contribution in [3.63, 3.8) is 0 Å². The molecule has 0 fully saturated rings. The van der Waals surface area contributed by atoms with Gasteiger partial charge in [-0.3, -0.25) is 4.79 Å². The van der Waals surface area contributed by atoms with Gasteiger partial charge in [0.2, 0.25) is 0 Å². The molecule has 0 amide bonds. The lowest BCUT2D eigenvalue weighted by molar-refractivity contribution is -0.153. The van der Waals surface area contributed by atoms with Gasteiger partial charge in [0.05, 0.1) is 0 Å². The average Bonchev–Trinajstić information content (AvgIpc) is 2.99. The highest BCUT2D eigenvalue weighted by Gasteiger charge is 2.31. The van der Waals surface area contributed by atoms with Gasteiger partial charge in [0, 0.05) is 5.56 Å². The molecule has 1 aliphatic rings. The number of rotatable bonds is 6. The summed E-state index contributed by atoms with van der Waals surface area (Å²) < 4.78 is 43.5. The van der Waals surface area contributed by atoms with Crippen molar-refractivity contribution in [1.29, 1.82) is 0 Å². The summed E-state index contributed by atoms with van der Waals surface area (Å²) in [5.41, 5.74) is 3.96. The van der Waals surface area contributed by atoms with Gasteiger partial charge >= 0.3 is 6.18 Å². The third kappa shape index (κ3) is 4.65. The molecule has 1 aromatic carbocycles. The van der Waals surface area contributed by atoms with Crippen molar-refractivity contribution >= 4 is 11.9 Å². The molecule has 0 saturated carbocycles. The highest BCUT2D eigenvalue weighted by atomic mass is 19.4. The van der Waals surface area contributed by atoms with Crippen LogP contribution in [0.3, 0.4) is 0 Å². The second-order valence-electron chi connectivity index (χ2n) is 7.18. The number of carbonyl (C=O) groups is 1. The predicted molar refractivity (Wildman–Crippen MR) is 93.0 cm³/mol. The van der Waals surface area contributed by atoms with E-state index < -0.39 is 12.8 Å².